The summed E-state index contributed by atoms with van der Waals surface area (Å²) in [5, 5.41) is 16.1. The minimum atomic E-state index is -0.935. The Labute approximate surface area is 160 Å². The maximum absolute atomic E-state index is 12.3. The van der Waals surface area contributed by atoms with E-state index in [4.69, 9.17) is 9.84 Å². The highest BCUT2D eigenvalue weighted by atomic mass is 32.1. The molecule has 0 unspecified atom stereocenters. The minimum Gasteiger partial charge on any atom is -0.494 e. The summed E-state index contributed by atoms with van der Waals surface area (Å²) in [6, 6.07) is 11.9. The molecule has 0 aliphatic carbocycles. The monoisotopic (exact) mass is 384 g/mol. The van der Waals surface area contributed by atoms with Crippen LogP contribution in [0.3, 0.4) is 0 Å². The number of nitrogens with one attached hydrogen (secondary N) is 1. The van der Waals surface area contributed by atoms with Gasteiger partial charge in [0.05, 0.1) is 25.1 Å². The third-order valence-electron chi connectivity index (χ3n) is 4.00. The van der Waals surface area contributed by atoms with Crippen LogP contribution in [0.4, 0.5) is 0 Å². The van der Waals surface area contributed by atoms with Crippen LogP contribution in [0.5, 0.6) is 5.75 Å². The molecular formula is C20H20N2O4S. The molecule has 3 rings (SSSR count). The molecule has 0 saturated heterocycles. The predicted octanol–water partition coefficient (Wildman–Crippen LogP) is 3.18. The summed E-state index contributed by atoms with van der Waals surface area (Å²) in [4.78, 5) is 27.2. The molecule has 2 N–H and O–H groups in total. The van der Waals surface area contributed by atoms with Gasteiger partial charge in [-0.05, 0) is 23.8 Å². The zero-order chi connectivity index (χ0) is 19.2. The van der Waals surface area contributed by atoms with Crippen LogP contribution in [0.15, 0.2) is 41.8 Å². The molecule has 3 aromatic rings. The average Bonchev–Trinajstić information content (AvgIpc) is 3.06. The first-order valence-corrected chi connectivity index (χ1v) is 9.50. The number of aromatic nitrogens is 1. The number of rotatable bonds is 8. The van der Waals surface area contributed by atoms with Crippen molar-refractivity contribution in [2.24, 2.45) is 0 Å². The Hall–Kier alpha value is -2.93. The second-order valence-electron chi connectivity index (χ2n) is 5.95. The Kier molecular flexibility index (Phi) is 6.03. The van der Waals surface area contributed by atoms with E-state index in [0.29, 0.717) is 23.9 Å². The standard InChI is InChI=1S/C20H20N2O4S/c1-2-26-17-8-7-13-5-3-4-6-15(13)16(17)11-21-18(23)10-19-22-14(12-27-19)9-20(24)25/h3-8,12H,2,9-11H2,1H3,(H,21,23)(H,24,25). The number of nitrogens with zero attached hydrogens (tertiary/aromatic N) is 1. The summed E-state index contributed by atoms with van der Waals surface area (Å²) in [7, 11) is 0. The number of thiazole rings is 1. The first-order valence-electron chi connectivity index (χ1n) is 8.62. The van der Waals surface area contributed by atoms with Gasteiger partial charge < -0.3 is 15.2 Å². The Balaban J connectivity index is 1.70. The quantitative estimate of drug-likeness (QED) is 0.623. The van der Waals surface area contributed by atoms with Gasteiger partial charge >= 0.3 is 5.97 Å². The highest BCUT2D eigenvalue weighted by Crippen LogP contribution is 2.28. The molecule has 1 amide bonds. The molecule has 1 aromatic heterocycles. The van der Waals surface area contributed by atoms with E-state index >= 15 is 0 Å². The van der Waals surface area contributed by atoms with Crippen LogP contribution in [0.25, 0.3) is 10.8 Å². The van der Waals surface area contributed by atoms with Crippen molar-refractivity contribution in [2.45, 2.75) is 26.3 Å². The molecule has 6 nitrogen and oxygen atoms in total. The van der Waals surface area contributed by atoms with Crippen molar-refractivity contribution in [3.8, 4) is 5.75 Å². The number of carbonyl (C=O) groups excluding carboxylic acids is 1. The zero-order valence-corrected chi connectivity index (χ0v) is 15.7. The van der Waals surface area contributed by atoms with Gasteiger partial charge in [-0.25, -0.2) is 4.98 Å². The van der Waals surface area contributed by atoms with Crippen molar-refractivity contribution >= 4 is 34.0 Å². The third kappa shape index (κ3) is 4.83. The summed E-state index contributed by atoms with van der Waals surface area (Å²) < 4.78 is 5.72. The Bertz CT molecular complexity index is 968. The lowest BCUT2D eigenvalue weighted by Gasteiger charge is -2.14. The number of benzene rings is 2. The van der Waals surface area contributed by atoms with Crippen molar-refractivity contribution in [2.75, 3.05) is 6.61 Å². The average molecular weight is 384 g/mol. The topological polar surface area (TPSA) is 88.5 Å². The molecule has 0 bridgehead atoms. The summed E-state index contributed by atoms with van der Waals surface area (Å²) in [6.07, 6.45) is -0.00907. The number of carbonyl (C=O) groups is 2. The number of aliphatic carboxylic acids is 1. The fraction of sp³-hybridized carbons (Fsp3) is 0.250. The third-order valence-corrected chi connectivity index (χ3v) is 4.90. The van der Waals surface area contributed by atoms with Gasteiger partial charge in [0.1, 0.15) is 10.8 Å². The number of hydrogen-bond donors (Lipinski definition) is 2. The van der Waals surface area contributed by atoms with Crippen molar-refractivity contribution in [1.29, 1.82) is 0 Å². The molecule has 0 atom stereocenters. The lowest BCUT2D eigenvalue weighted by atomic mass is 10.0. The van der Waals surface area contributed by atoms with E-state index in [2.05, 4.69) is 10.3 Å². The number of fused-ring (bicyclic) bond motifs is 1. The summed E-state index contributed by atoms with van der Waals surface area (Å²) in [5.74, 6) is -0.341. The Morgan fingerprint density at radius 3 is 2.78 bits per heavy atom. The molecule has 0 saturated carbocycles. The van der Waals surface area contributed by atoms with Crippen LogP contribution in [-0.4, -0.2) is 28.6 Å². The van der Waals surface area contributed by atoms with Crippen molar-refractivity contribution in [3.05, 3.63) is 58.0 Å². The Morgan fingerprint density at radius 1 is 1.19 bits per heavy atom. The first-order chi connectivity index (χ1) is 13.1. The predicted molar refractivity (Wildman–Crippen MR) is 104 cm³/mol. The largest absolute Gasteiger partial charge is 0.494 e. The fourth-order valence-electron chi connectivity index (χ4n) is 2.84. The molecule has 2 aromatic carbocycles. The molecule has 0 aliphatic heterocycles. The molecule has 0 aliphatic rings. The molecular weight excluding hydrogens is 364 g/mol. The zero-order valence-electron chi connectivity index (χ0n) is 14.9. The second-order valence-corrected chi connectivity index (χ2v) is 6.90. The highest BCUT2D eigenvalue weighted by molar-refractivity contribution is 7.09. The van der Waals surface area contributed by atoms with Crippen molar-refractivity contribution in [3.63, 3.8) is 0 Å². The van der Waals surface area contributed by atoms with E-state index in [1.807, 2.05) is 43.3 Å². The van der Waals surface area contributed by atoms with Gasteiger partial charge in [0.15, 0.2) is 0 Å². The summed E-state index contributed by atoms with van der Waals surface area (Å²) in [6.45, 7) is 2.82. The SMILES string of the molecule is CCOc1ccc2ccccc2c1CNC(=O)Cc1nc(CC(=O)O)cs1. The van der Waals surface area contributed by atoms with Gasteiger partial charge in [-0.2, -0.15) is 0 Å². The molecule has 0 spiro atoms. The molecule has 27 heavy (non-hydrogen) atoms. The smallest absolute Gasteiger partial charge is 0.309 e. The van der Waals surface area contributed by atoms with Crippen LogP contribution in [0.1, 0.15) is 23.2 Å². The number of hydrogen-bond acceptors (Lipinski definition) is 5. The summed E-state index contributed by atoms with van der Waals surface area (Å²) >= 11 is 1.30. The van der Waals surface area contributed by atoms with Gasteiger partial charge in [0.25, 0.3) is 0 Å². The normalized spacial score (nSPS) is 10.7. The summed E-state index contributed by atoms with van der Waals surface area (Å²) in [5.41, 5.74) is 1.41. The lowest BCUT2D eigenvalue weighted by Crippen LogP contribution is -2.25. The van der Waals surface area contributed by atoms with E-state index < -0.39 is 5.97 Å². The van der Waals surface area contributed by atoms with Crippen LogP contribution in [-0.2, 0) is 29.0 Å². The van der Waals surface area contributed by atoms with Gasteiger partial charge in [-0.1, -0.05) is 30.3 Å². The first kappa shape index (κ1) is 18.8. The highest BCUT2D eigenvalue weighted by Gasteiger charge is 2.13. The van der Waals surface area contributed by atoms with E-state index in [0.717, 1.165) is 22.1 Å². The van der Waals surface area contributed by atoms with Crippen LogP contribution in [0, 0.1) is 0 Å². The maximum atomic E-state index is 12.3. The number of amides is 1. The molecule has 140 valence electrons. The molecule has 0 radical (unpaired) electrons. The number of carboxylic acids is 1. The molecule has 1 heterocycles. The Morgan fingerprint density at radius 2 is 2.00 bits per heavy atom. The van der Waals surface area contributed by atoms with Crippen LogP contribution in [0.2, 0.25) is 0 Å². The van der Waals surface area contributed by atoms with Crippen LogP contribution < -0.4 is 10.1 Å². The van der Waals surface area contributed by atoms with Crippen LogP contribution >= 0.6 is 11.3 Å². The number of carboxylic acid groups (broad SMARTS) is 1. The maximum Gasteiger partial charge on any atom is 0.309 e. The van der Waals surface area contributed by atoms with Gasteiger partial charge in [-0.15, -0.1) is 11.3 Å². The number of ether oxygens (including phenoxy) is 1. The van der Waals surface area contributed by atoms with E-state index in [-0.39, 0.29) is 18.7 Å². The van der Waals surface area contributed by atoms with Crippen molar-refractivity contribution < 1.29 is 19.4 Å². The second kappa shape index (κ2) is 8.64. The van der Waals surface area contributed by atoms with E-state index in [1.54, 1.807) is 5.38 Å². The lowest BCUT2D eigenvalue weighted by molar-refractivity contribution is -0.136. The van der Waals surface area contributed by atoms with Gasteiger partial charge in [0, 0.05) is 17.5 Å². The van der Waals surface area contributed by atoms with Gasteiger partial charge in [-0.3, -0.25) is 9.59 Å². The van der Waals surface area contributed by atoms with E-state index in [1.165, 1.54) is 11.3 Å². The fourth-order valence-corrected chi connectivity index (χ4v) is 3.63. The minimum absolute atomic E-state index is 0.124. The van der Waals surface area contributed by atoms with E-state index in [9.17, 15) is 9.59 Å². The van der Waals surface area contributed by atoms with Gasteiger partial charge in [0.2, 0.25) is 5.91 Å². The van der Waals surface area contributed by atoms with Crippen molar-refractivity contribution in [1.82, 2.24) is 10.3 Å². The molecule has 0 fully saturated rings. The molecule has 7 heteroatoms.